The van der Waals surface area contributed by atoms with Gasteiger partial charge in [-0.05, 0) is 43.3 Å². The van der Waals surface area contributed by atoms with Crippen LogP contribution in [0.2, 0.25) is 0 Å². The van der Waals surface area contributed by atoms with Gasteiger partial charge in [0.1, 0.15) is 5.58 Å². The Bertz CT molecular complexity index is 1710. The average Bonchev–Trinajstić information content (AvgIpc) is 3.40. The number of para-hydroxylation sites is 2. The highest BCUT2D eigenvalue weighted by atomic mass is 16.6. The summed E-state index contributed by atoms with van der Waals surface area (Å²) >= 11 is 0. The maximum Gasteiger partial charge on any atom is 0.346 e. The minimum atomic E-state index is -0.897. The second-order valence-corrected chi connectivity index (χ2v) is 8.50. The molecule has 0 N–H and O–H groups in total. The maximum atomic E-state index is 13.5. The predicted octanol–water partition coefficient (Wildman–Crippen LogP) is 4.65. The van der Waals surface area contributed by atoms with Gasteiger partial charge < -0.3 is 23.4 Å². The number of furan rings is 1. The first-order valence-electron chi connectivity index (χ1n) is 12.0. The number of ether oxygens (including phenoxy) is 4. The molecule has 0 bridgehead atoms. The van der Waals surface area contributed by atoms with Crippen LogP contribution in [0.5, 0.6) is 17.2 Å². The molecule has 2 heterocycles. The Kier molecular flexibility index (Phi) is 7.00. The van der Waals surface area contributed by atoms with E-state index in [0.29, 0.717) is 39.3 Å². The van der Waals surface area contributed by atoms with E-state index >= 15 is 0 Å². The summed E-state index contributed by atoms with van der Waals surface area (Å²) < 4.78 is 28.7. The summed E-state index contributed by atoms with van der Waals surface area (Å²) in [6, 6.07) is 19.7. The zero-order valence-corrected chi connectivity index (χ0v) is 21.7. The number of methoxy groups -OCH3 is 3. The molecule has 0 fully saturated rings. The Morgan fingerprint density at radius 1 is 1.00 bits per heavy atom. The second kappa shape index (κ2) is 10.7. The lowest BCUT2D eigenvalue weighted by Crippen LogP contribution is -2.25. The van der Waals surface area contributed by atoms with Gasteiger partial charge in [-0.3, -0.25) is 4.79 Å². The van der Waals surface area contributed by atoms with E-state index in [9.17, 15) is 9.59 Å². The van der Waals surface area contributed by atoms with Gasteiger partial charge in [-0.15, -0.1) is 0 Å². The van der Waals surface area contributed by atoms with Gasteiger partial charge in [0.15, 0.2) is 23.4 Å². The molecule has 0 radical (unpaired) electrons. The fourth-order valence-corrected chi connectivity index (χ4v) is 4.09. The summed E-state index contributed by atoms with van der Waals surface area (Å²) in [5.74, 6) is 0.915. The van der Waals surface area contributed by atoms with E-state index in [0.717, 1.165) is 5.39 Å². The molecule has 0 amide bonds. The molecule has 0 unspecified atom stereocenters. The van der Waals surface area contributed by atoms with E-state index in [4.69, 9.17) is 28.3 Å². The quantitative estimate of drug-likeness (QED) is 0.212. The number of nitrogens with zero attached hydrogens (tertiary/aromatic N) is 3. The van der Waals surface area contributed by atoms with Gasteiger partial charge in [-0.1, -0.05) is 30.3 Å². The molecule has 5 aromatic rings. The Balaban J connectivity index is 1.62. The predicted molar refractivity (Wildman–Crippen MR) is 146 cm³/mol. The largest absolute Gasteiger partial charge is 0.493 e. The monoisotopic (exact) mass is 527 g/mol. The second-order valence-electron chi connectivity index (χ2n) is 8.50. The van der Waals surface area contributed by atoms with Crippen LogP contribution < -0.4 is 19.8 Å². The third-order valence-electron chi connectivity index (χ3n) is 6.03. The van der Waals surface area contributed by atoms with Crippen LogP contribution in [0.4, 0.5) is 0 Å². The van der Waals surface area contributed by atoms with Crippen LogP contribution in [0.1, 0.15) is 12.5 Å². The highest BCUT2D eigenvalue weighted by Gasteiger charge is 2.22. The van der Waals surface area contributed by atoms with E-state index in [-0.39, 0.29) is 17.1 Å². The molecule has 5 rings (SSSR count). The van der Waals surface area contributed by atoms with Crippen LogP contribution in [0.3, 0.4) is 0 Å². The number of aromatic nitrogens is 2. The fraction of sp³-hybridized carbons (Fsp3) is 0.172. The van der Waals surface area contributed by atoms with E-state index in [2.05, 4.69) is 5.10 Å². The molecule has 0 spiro atoms. The summed E-state index contributed by atoms with van der Waals surface area (Å²) in [5.41, 5.74) is 1.36. The Morgan fingerprint density at radius 2 is 1.69 bits per heavy atom. The molecule has 0 aliphatic rings. The van der Waals surface area contributed by atoms with Crippen molar-refractivity contribution in [1.29, 1.82) is 0 Å². The molecule has 198 valence electrons. The first-order chi connectivity index (χ1) is 18.9. The summed E-state index contributed by atoms with van der Waals surface area (Å²) in [6.07, 6.45) is 0.577. The molecule has 3 aromatic carbocycles. The average molecular weight is 528 g/mol. The first-order valence-corrected chi connectivity index (χ1v) is 12.0. The van der Waals surface area contributed by atoms with Crippen molar-refractivity contribution >= 4 is 34.1 Å². The van der Waals surface area contributed by atoms with Crippen molar-refractivity contribution in [3.8, 4) is 28.8 Å². The van der Waals surface area contributed by atoms with Crippen molar-refractivity contribution in [1.82, 2.24) is 9.66 Å². The van der Waals surface area contributed by atoms with E-state index in [1.165, 1.54) is 32.2 Å². The number of carbonyl (C=O) groups excluding carboxylic acids is 1. The SMILES string of the molecule is COC(=O)[C@@H](C)Oc1c(OC)cc(C=Nn2c(-c3cc4ccccc4o3)nc3ccccc3c2=O)cc1OC. The Hall–Kier alpha value is -5.12. The standard InChI is InChI=1S/C29H25N3O7/c1-17(29(34)37-4)38-26-23(35-2)13-18(14-24(26)36-3)16-30-32-27(25-15-19-9-5-8-12-22(19)39-25)31-21-11-7-6-10-20(21)28(32)33/h5-17H,1-4H3/t17-/m1/s1. The molecule has 0 aliphatic heterocycles. The fourth-order valence-electron chi connectivity index (χ4n) is 4.09. The summed E-state index contributed by atoms with van der Waals surface area (Å²) in [4.78, 5) is 30.1. The number of hydrogen-bond acceptors (Lipinski definition) is 9. The third kappa shape index (κ3) is 4.91. The smallest absolute Gasteiger partial charge is 0.346 e. The van der Waals surface area contributed by atoms with Crippen molar-refractivity contribution in [3.63, 3.8) is 0 Å². The topological polar surface area (TPSA) is 114 Å². The minimum absolute atomic E-state index is 0.225. The van der Waals surface area contributed by atoms with E-state index < -0.39 is 12.1 Å². The maximum absolute atomic E-state index is 13.5. The van der Waals surface area contributed by atoms with Gasteiger partial charge in [0, 0.05) is 10.9 Å². The molecule has 0 saturated carbocycles. The zero-order valence-electron chi connectivity index (χ0n) is 21.7. The van der Waals surface area contributed by atoms with Crippen LogP contribution in [-0.4, -0.2) is 49.3 Å². The van der Waals surface area contributed by atoms with Crippen molar-refractivity contribution in [2.45, 2.75) is 13.0 Å². The number of hydrogen-bond donors (Lipinski definition) is 0. The Labute approximate surface area is 223 Å². The Morgan fingerprint density at radius 3 is 2.38 bits per heavy atom. The molecule has 1 atom stereocenters. The van der Waals surface area contributed by atoms with Crippen LogP contribution >= 0.6 is 0 Å². The lowest BCUT2D eigenvalue weighted by molar-refractivity contribution is -0.148. The van der Waals surface area contributed by atoms with E-state index in [1.54, 1.807) is 37.3 Å². The van der Waals surface area contributed by atoms with E-state index in [1.807, 2.05) is 36.4 Å². The molecular weight excluding hydrogens is 502 g/mol. The number of carbonyl (C=O) groups is 1. The zero-order chi connectivity index (χ0) is 27.5. The van der Waals surface area contributed by atoms with Crippen molar-refractivity contribution in [3.05, 3.63) is 82.6 Å². The first kappa shape index (κ1) is 25.5. The molecule has 10 nitrogen and oxygen atoms in total. The lowest BCUT2D eigenvalue weighted by Gasteiger charge is -2.18. The lowest BCUT2D eigenvalue weighted by atomic mass is 10.2. The van der Waals surface area contributed by atoms with Crippen molar-refractivity contribution in [2.75, 3.05) is 21.3 Å². The van der Waals surface area contributed by atoms with Crippen LogP contribution in [-0.2, 0) is 9.53 Å². The minimum Gasteiger partial charge on any atom is -0.493 e. The highest BCUT2D eigenvalue weighted by Crippen LogP contribution is 2.39. The molecule has 39 heavy (non-hydrogen) atoms. The highest BCUT2D eigenvalue weighted by molar-refractivity contribution is 5.85. The molecule has 0 aliphatic carbocycles. The van der Waals surface area contributed by atoms with Gasteiger partial charge in [0.05, 0.1) is 38.4 Å². The summed E-state index contributed by atoms with van der Waals surface area (Å²) in [7, 11) is 4.20. The number of esters is 1. The molecule has 0 saturated heterocycles. The summed E-state index contributed by atoms with van der Waals surface area (Å²) in [6.45, 7) is 1.55. The number of fused-ring (bicyclic) bond motifs is 2. The van der Waals surface area contributed by atoms with Crippen molar-refractivity contribution in [2.24, 2.45) is 5.10 Å². The number of benzene rings is 3. The van der Waals surface area contributed by atoms with Gasteiger partial charge >= 0.3 is 5.97 Å². The third-order valence-corrected chi connectivity index (χ3v) is 6.03. The van der Waals surface area contributed by atoms with Gasteiger partial charge in [-0.2, -0.15) is 9.78 Å². The molecule has 10 heteroatoms. The van der Waals surface area contributed by atoms with Crippen LogP contribution in [0, 0.1) is 0 Å². The van der Waals surface area contributed by atoms with Gasteiger partial charge in [0.2, 0.25) is 11.6 Å². The van der Waals surface area contributed by atoms with Gasteiger partial charge in [-0.25, -0.2) is 9.78 Å². The molecular formula is C29H25N3O7. The molecule has 2 aromatic heterocycles. The van der Waals surface area contributed by atoms with Crippen molar-refractivity contribution < 1.29 is 28.2 Å². The van der Waals surface area contributed by atoms with Crippen LogP contribution in [0.25, 0.3) is 33.5 Å². The van der Waals surface area contributed by atoms with Gasteiger partial charge in [0.25, 0.3) is 5.56 Å². The number of rotatable bonds is 8. The normalized spacial score (nSPS) is 12.1. The van der Waals surface area contributed by atoms with Crippen LogP contribution in [0.15, 0.2) is 81.0 Å². The summed E-state index contributed by atoms with van der Waals surface area (Å²) in [5, 5.41) is 5.77.